The summed E-state index contributed by atoms with van der Waals surface area (Å²) in [4.78, 5) is 0. The fourth-order valence-electron chi connectivity index (χ4n) is 2.04. The summed E-state index contributed by atoms with van der Waals surface area (Å²) in [5.41, 5.74) is 7.30. The summed E-state index contributed by atoms with van der Waals surface area (Å²) in [7, 11) is 0. The topological polar surface area (TPSA) is 30.9 Å². The van der Waals surface area contributed by atoms with Gasteiger partial charge in [-0.1, -0.05) is 12.1 Å². The van der Waals surface area contributed by atoms with Gasteiger partial charge in [0.15, 0.2) is 0 Å². The molecule has 0 fully saturated rings. The largest absolute Gasteiger partial charge is 0.338 e. The van der Waals surface area contributed by atoms with E-state index in [0.717, 1.165) is 11.1 Å². The fourth-order valence-corrected chi connectivity index (χ4v) is 2.04. The van der Waals surface area contributed by atoms with E-state index in [1.54, 1.807) is 6.07 Å². The molecule has 1 heterocycles. The summed E-state index contributed by atoms with van der Waals surface area (Å²) in [5.74, 6) is -0.180. The molecule has 1 aromatic heterocycles. The molecule has 0 unspecified atom stereocenters. The first-order valence-corrected chi connectivity index (χ1v) is 5.13. The van der Waals surface area contributed by atoms with Crippen molar-refractivity contribution in [3.8, 4) is 0 Å². The Bertz CT molecular complexity index is 486. The fraction of sp³-hybridized carbons (Fsp3) is 0.333. The van der Waals surface area contributed by atoms with Gasteiger partial charge in [0.2, 0.25) is 0 Å². The molecule has 2 rings (SSSR count). The number of nitrogens with two attached hydrogens (primary N) is 1. The van der Waals surface area contributed by atoms with Gasteiger partial charge in [-0.2, -0.15) is 0 Å². The Hall–Kier alpha value is -1.35. The molecule has 0 aliphatic carbocycles. The van der Waals surface area contributed by atoms with Crippen LogP contribution in [0.25, 0.3) is 10.9 Å². The third-order valence-corrected chi connectivity index (χ3v) is 2.62. The van der Waals surface area contributed by atoms with Crippen LogP contribution in [0.5, 0.6) is 0 Å². The van der Waals surface area contributed by atoms with E-state index in [9.17, 15) is 4.39 Å². The van der Waals surface area contributed by atoms with Crippen LogP contribution in [0.2, 0.25) is 0 Å². The molecule has 80 valence electrons. The van der Waals surface area contributed by atoms with Crippen LogP contribution in [0, 0.1) is 5.82 Å². The SMILES string of the molecule is CC(C)n1c(CN)cc2cccc(F)c21. The van der Waals surface area contributed by atoms with Gasteiger partial charge < -0.3 is 10.3 Å². The van der Waals surface area contributed by atoms with E-state index < -0.39 is 0 Å². The van der Waals surface area contributed by atoms with Gasteiger partial charge in [0.05, 0.1) is 5.52 Å². The van der Waals surface area contributed by atoms with Crippen molar-refractivity contribution < 1.29 is 4.39 Å². The second-order valence-corrected chi connectivity index (χ2v) is 3.98. The second-order valence-electron chi connectivity index (χ2n) is 3.98. The molecule has 0 radical (unpaired) electrons. The van der Waals surface area contributed by atoms with Crippen LogP contribution in [0.1, 0.15) is 25.6 Å². The van der Waals surface area contributed by atoms with Crippen molar-refractivity contribution in [1.29, 1.82) is 0 Å². The minimum atomic E-state index is -0.180. The van der Waals surface area contributed by atoms with Gasteiger partial charge in [-0.05, 0) is 26.0 Å². The molecule has 0 spiro atoms. The van der Waals surface area contributed by atoms with Gasteiger partial charge in [0.25, 0.3) is 0 Å². The van der Waals surface area contributed by atoms with Crippen LogP contribution < -0.4 is 5.73 Å². The summed E-state index contributed by atoms with van der Waals surface area (Å²) in [6, 6.07) is 7.30. The van der Waals surface area contributed by atoms with E-state index in [-0.39, 0.29) is 11.9 Å². The summed E-state index contributed by atoms with van der Waals surface area (Å²) < 4.78 is 15.7. The standard InChI is InChI=1S/C12H15FN2/c1-8(2)15-10(7-14)6-9-4-3-5-11(13)12(9)15/h3-6,8H,7,14H2,1-2H3. The molecule has 0 saturated heterocycles. The number of aromatic nitrogens is 1. The number of hydrogen-bond donors (Lipinski definition) is 1. The van der Waals surface area contributed by atoms with Crippen molar-refractivity contribution in [1.82, 2.24) is 4.57 Å². The van der Waals surface area contributed by atoms with Crippen molar-refractivity contribution >= 4 is 10.9 Å². The van der Waals surface area contributed by atoms with E-state index in [0.29, 0.717) is 12.1 Å². The molecule has 0 aliphatic heterocycles. The van der Waals surface area contributed by atoms with E-state index in [1.165, 1.54) is 6.07 Å². The van der Waals surface area contributed by atoms with Crippen LogP contribution in [0.3, 0.4) is 0 Å². The number of para-hydroxylation sites is 1. The monoisotopic (exact) mass is 206 g/mol. The molecule has 2 aromatic rings. The first kappa shape index (κ1) is 10.2. The van der Waals surface area contributed by atoms with Crippen LogP contribution in [0.4, 0.5) is 4.39 Å². The van der Waals surface area contributed by atoms with Crippen LogP contribution >= 0.6 is 0 Å². The number of rotatable bonds is 2. The van der Waals surface area contributed by atoms with Crippen molar-refractivity contribution in [3.05, 3.63) is 35.8 Å². The number of fused-ring (bicyclic) bond motifs is 1. The van der Waals surface area contributed by atoms with Crippen LogP contribution in [-0.4, -0.2) is 4.57 Å². The van der Waals surface area contributed by atoms with Crippen LogP contribution in [-0.2, 0) is 6.54 Å². The average molecular weight is 206 g/mol. The predicted molar refractivity (Wildman–Crippen MR) is 60.2 cm³/mol. The predicted octanol–water partition coefficient (Wildman–Crippen LogP) is 2.82. The molecule has 0 bridgehead atoms. The van der Waals surface area contributed by atoms with Crippen molar-refractivity contribution in [2.24, 2.45) is 5.73 Å². The molecule has 0 atom stereocenters. The third kappa shape index (κ3) is 1.53. The third-order valence-electron chi connectivity index (χ3n) is 2.62. The maximum atomic E-state index is 13.7. The number of halogens is 1. The van der Waals surface area contributed by atoms with Gasteiger partial charge in [0, 0.05) is 23.7 Å². The normalized spacial score (nSPS) is 11.5. The minimum absolute atomic E-state index is 0.180. The quantitative estimate of drug-likeness (QED) is 0.804. The molecular weight excluding hydrogens is 191 g/mol. The van der Waals surface area contributed by atoms with Gasteiger partial charge >= 0.3 is 0 Å². The molecule has 15 heavy (non-hydrogen) atoms. The molecule has 1 aromatic carbocycles. The Morgan fingerprint density at radius 1 is 1.40 bits per heavy atom. The van der Waals surface area contributed by atoms with Crippen molar-refractivity contribution in [2.45, 2.75) is 26.4 Å². The lowest BCUT2D eigenvalue weighted by Gasteiger charge is -2.13. The zero-order chi connectivity index (χ0) is 11.0. The lowest BCUT2D eigenvalue weighted by Crippen LogP contribution is -2.09. The molecule has 0 amide bonds. The number of hydrogen-bond acceptors (Lipinski definition) is 1. The minimum Gasteiger partial charge on any atom is -0.338 e. The smallest absolute Gasteiger partial charge is 0.147 e. The Morgan fingerprint density at radius 3 is 2.73 bits per heavy atom. The first-order valence-electron chi connectivity index (χ1n) is 5.13. The van der Waals surface area contributed by atoms with E-state index >= 15 is 0 Å². The van der Waals surface area contributed by atoms with Gasteiger partial charge in [-0.25, -0.2) is 4.39 Å². The maximum absolute atomic E-state index is 13.7. The highest BCUT2D eigenvalue weighted by Crippen LogP contribution is 2.25. The van der Waals surface area contributed by atoms with Gasteiger partial charge in [0.1, 0.15) is 5.82 Å². The molecule has 2 N–H and O–H groups in total. The lowest BCUT2D eigenvalue weighted by atomic mass is 10.2. The highest BCUT2D eigenvalue weighted by atomic mass is 19.1. The summed E-state index contributed by atoms with van der Waals surface area (Å²) >= 11 is 0. The average Bonchev–Trinajstić information content (AvgIpc) is 2.57. The molecule has 2 nitrogen and oxygen atoms in total. The number of benzene rings is 1. The van der Waals surface area contributed by atoms with E-state index in [2.05, 4.69) is 0 Å². The van der Waals surface area contributed by atoms with Crippen LogP contribution in [0.15, 0.2) is 24.3 Å². The number of nitrogens with zero attached hydrogens (tertiary/aromatic N) is 1. The first-order chi connectivity index (χ1) is 7.15. The molecular formula is C12H15FN2. The molecule has 0 aliphatic rings. The zero-order valence-electron chi connectivity index (χ0n) is 9.00. The summed E-state index contributed by atoms with van der Waals surface area (Å²) in [6.07, 6.45) is 0. The van der Waals surface area contributed by atoms with Crippen molar-refractivity contribution in [2.75, 3.05) is 0 Å². The zero-order valence-corrected chi connectivity index (χ0v) is 9.00. The Morgan fingerprint density at radius 2 is 2.13 bits per heavy atom. The Labute approximate surface area is 88.5 Å². The van der Waals surface area contributed by atoms with E-state index in [1.807, 2.05) is 30.5 Å². The van der Waals surface area contributed by atoms with Gasteiger partial charge in [-0.3, -0.25) is 0 Å². The highest BCUT2D eigenvalue weighted by molar-refractivity contribution is 5.82. The van der Waals surface area contributed by atoms with Crippen molar-refractivity contribution in [3.63, 3.8) is 0 Å². The Kier molecular flexibility index (Phi) is 2.49. The Balaban J connectivity index is 2.82. The molecule has 0 saturated carbocycles. The van der Waals surface area contributed by atoms with Gasteiger partial charge in [-0.15, -0.1) is 0 Å². The molecule has 3 heteroatoms. The summed E-state index contributed by atoms with van der Waals surface area (Å²) in [5, 5.41) is 0.921. The lowest BCUT2D eigenvalue weighted by molar-refractivity contribution is 0.571. The maximum Gasteiger partial charge on any atom is 0.147 e. The highest BCUT2D eigenvalue weighted by Gasteiger charge is 2.13. The van der Waals surface area contributed by atoms with E-state index in [4.69, 9.17) is 5.73 Å². The second kappa shape index (κ2) is 3.66. The summed E-state index contributed by atoms with van der Waals surface area (Å²) in [6.45, 7) is 4.50.